The zero-order valence-corrected chi connectivity index (χ0v) is 19.0. The van der Waals surface area contributed by atoms with Crippen molar-refractivity contribution in [2.75, 3.05) is 19.8 Å². The van der Waals surface area contributed by atoms with E-state index in [0.29, 0.717) is 31.0 Å². The summed E-state index contributed by atoms with van der Waals surface area (Å²) in [5.41, 5.74) is -1.64. The van der Waals surface area contributed by atoms with Gasteiger partial charge in [0.25, 0.3) is 0 Å². The van der Waals surface area contributed by atoms with Crippen molar-refractivity contribution in [2.24, 2.45) is 0 Å². The van der Waals surface area contributed by atoms with Gasteiger partial charge in [-0.25, -0.2) is 0 Å². The lowest BCUT2D eigenvalue weighted by atomic mass is 9.88. The second kappa shape index (κ2) is 10.4. The van der Waals surface area contributed by atoms with E-state index in [1.165, 1.54) is 11.8 Å². The number of hydrogen-bond donors (Lipinski definition) is 1. The predicted octanol–water partition coefficient (Wildman–Crippen LogP) is 4.80. The van der Waals surface area contributed by atoms with Crippen LogP contribution in [0.5, 0.6) is 0 Å². The normalized spacial score (nSPS) is 24.3. The third kappa shape index (κ3) is 6.87. The van der Waals surface area contributed by atoms with Crippen LogP contribution in [0.2, 0.25) is 0 Å². The molecular weight excluding hydrogens is 478 g/mol. The van der Waals surface area contributed by atoms with Crippen LogP contribution in [0.3, 0.4) is 0 Å². The minimum Gasteiger partial charge on any atom is -0.374 e. The SMILES string of the molecule is C/C(=C\C(=C/CC(F)(F)F)C(F)(F)F)COC[C@@]1(c2ccccc2)C[C@H](N2CCCC2=O)C(=O)N1. The van der Waals surface area contributed by atoms with Gasteiger partial charge in [0.15, 0.2) is 0 Å². The molecule has 2 aliphatic rings. The fourth-order valence-corrected chi connectivity index (χ4v) is 4.34. The number of allylic oxidation sites excluding steroid dienone is 3. The minimum absolute atomic E-state index is 0.0644. The van der Waals surface area contributed by atoms with E-state index in [1.54, 1.807) is 30.3 Å². The first kappa shape index (κ1) is 26.8. The molecule has 0 aliphatic carbocycles. The average molecular weight is 504 g/mol. The van der Waals surface area contributed by atoms with Crippen molar-refractivity contribution in [1.82, 2.24) is 10.2 Å². The third-order valence-electron chi connectivity index (χ3n) is 5.98. The molecule has 2 fully saturated rings. The fraction of sp³-hybridized carbons (Fsp3) is 0.500. The molecule has 0 bridgehead atoms. The van der Waals surface area contributed by atoms with Gasteiger partial charge in [0, 0.05) is 19.4 Å². The quantitative estimate of drug-likeness (QED) is 0.409. The van der Waals surface area contributed by atoms with Crippen molar-refractivity contribution in [3.05, 3.63) is 59.2 Å². The number of benzene rings is 1. The molecule has 2 aliphatic heterocycles. The van der Waals surface area contributed by atoms with E-state index in [4.69, 9.17) is 4.74 Å². The Labute approximate surface area is 198 Å². The van der Waals surface area contributed by atoms with Gasteiger partial charge in [-0.15, -0.1) is 0 Å². The molecule has 0 radical (unpaired) electrons. The molecule has 2 amide bonds. The zero-order valence-electron chi connectivity index (χ0n) is 19.0. The van der Waals surface area contributed by atoms with Crippen molar-refractivity contribution in [3.63, 3.8) is 0 Å². The summed E-state index contributed by atoms with van der Waals surface area (Å²) in [6.07, 6.45) is -9.44. The van der Waals surface area contributed by atoms with Crippen LogP contribution in [-0.4, -0.2) is 54.9 Å². The summed E-state index contributed by atoms with van der Waals surface area (Å²) < 4.78 is 82.4. The Balaban J connectivity index is 1.75. The second-order valence-corrected chi connectivity index (χ2v) is 8.81. The molecule has 2 heterocycles. The maximum absolute atomic E-state index is 13.2. The minimum atomic E-state index is -4.95. The number of likely N-dealkylation sites (tertiary alicyclic amines) is 1. The van der Waals surface area contributed by atoms with Crippen LogP contribution in [0.25, 0.3) is 0 Å². The van der Waals surface area contributed by atoms with Crippen LogP contribution < -0.4 is 5.32 Å². The first-order chi connectivity index (χ1) is 16.3. The lowest BCUT2D eigenvalue weighted by Crippen LogP contribution is -2.43. The number of carbonyl (C=O) groups excluding carboxylic acids is 2. The summed E-state index contributed by atoms with van der Waals surface area (Å²) in [7, 11) is 0. The monoisotopic (exact) mass is 504 g/mol. The molecule has 1 N–H and O–H groups in total. The molecule has 2 saturated heterocycles. The fourth-order valence-electron chi connectivity index (χ4n) is 4.34. The molecule has 192 valence electrons. The van der Waals surface area contributed by atoms with Gasteiger partial charge in [-0.05, 0) is 30.6 Å². The molecule has 1 aromatic rings. The van der Waals surface area contributed by atoms with Crippen molar-refractivity contribution >= 4 is 11.8 Å². The number of halogens is 6. The van der Waals surface area contributed by atoms with Gasteiger partial charge in [0.05, 0.1) is 30.7 Å². The van der Waals surface area contributed by atoms with Crippen LogP contribution in [0, 0.1) is 0 Å². The van der Waals surface area contributed by atoms with Crippen LogP contribution in [0.1, 0.15) is 38.2 Å². The number of rotatable bonds is 8. The first-order valence-electron chi connectivity index (χ1n) is 11.1. The predicted molar refractivity (Wildman–Crippen MR) is 115 cm³/mol. The van der Waals surface area contributed by atoms with E-state index in [-0.39, 0.29) is 43.1 Å². The molecule has 35 heavy (non-hydrogen) atoms. The average Bonchev–Trinajstić information content (AvgIpc) is 3.33. The van der Waals surface area contributed by atoms with Crippen molar-refractivity contribution in [3.8, 4) is 0 Å². The van der Waals surface area contributed by atoms with Gasteiger partial charge in [-0.2, -0.15) is 26.3 Å². The van der Waals surface area contributed by atoms with E-state index in [2.05, 4.69) is 5.32 Å². The molecular formula is C24H26F6N2O3. The molecule has 0 spiro atoms. The topological polar surface area (TPSA) is 58.6 Å². The molecule has 0 aromatic heterocycles. The highest BCUT2D eigenvalue weighted by Crippen LogP contribution is 2.36. The van der Waals surface area contributed by atoms with E-state index in [9.17, 15) is 35.9 Å². The van der Waals surface area contributed by atoms with E-state index < -0.39 is 35.9 Å². The van der Waals surface area contributed by atoms with E-state index in [0.717, 1.165) is 0 Å². The standard InChI is InChI=1S/C24H26F6N2O3/c1-16(12-18(24(28,29)30)9-10-23(25,26)27)14-35-15-22(17-6-3-2-4-7-17)13-19(21(34)31-22)32-11-5-8-20(32)33/h2-4,6-7,9,12,19H,5,8,10-11,13-15H2,1H3,(H,31,34)/b16-12+,18-9+/t19-,22+/m0/s1. The summed E-state index contributed by atoms with van der Waals surface area (Å²) in [6.45, 7) is 1.40. The Morgan fingerprint density at radius 2 is 1.86 bits per heavy atom. The Bertz CT molecular complexity index is 987. The van der Waals surface area contributed by atoms with Gasteiger partial charge in [0.2, 0.25) is 11.8 Å². The van der Waals surface area contributed by atoms with E-state index >= 15 is 0 Å². The van der Waals surface area contributed by atoms with E-state index in [1.807, 2.05) is 0 Å². The molecule has 2 atom stereocenters. The summed E-state index contributed by atoms with van der Waals surface area (Å²) in [5.74, 6) is -0.451. The Morgan fingerprint density at radius 1 is 1.17 bits per heavy atom. The number of nitrogens with zero attached hydrogens (tertiary/aromatic N) is 1. The highest BCUT2D eigenvalue weighted by atomic mass is 19.4. The molecule has 1 aromatic carbocycles. The molecule has 0 saturated carbocycles. The number of ether oxygens (including phenoxy) is 1. The van der Waals surface area contributed by atoms with Crippen molar-refractivity contribution < 1.29 is 40.7 Å². The van der Waals surface area contributed by atoms with Crippen molar-refractivity contribution in [1.29, 1.82) is 0 Å². The Morgan fingerprint density at radius 3 is 2.43 bits per heavy atom. The summed E-state index contributed by atoms with van der Waals surface area (Å²) in [4.78, 5) is 26.5. The van der Waals surface area contributed by atoms with Crippen molar-refractivity contribution in [2.45, 2.75) is 56.5 Å². The molecule has 11 heteroatoms. The maximum atomic E-state index is 13.2. The Hall–Kier alpha value is -2.82. The lowest BCUT2D eigenvalue weighted by Gasteiger charge is -2.30. The molecule has 3 rings (SSSR count). The van der Waals surface area contributed by atoms with Gasteiger partial charge >= 0.3 is 12.4 Å². The third-order valence-corrected chi connectivity index (χ3v) is 5.98. The number of amides is 2. The second-order valence-electron chi connectivity index (χ2n) is 8.81. The largest absolute Gasteiger partial charge is 0.416 e. The molecule has 0 unspecified atom stereocenters. The highest BCUT2D eigenvalue weighted by Gasteiger charge is 2.49. The first-order valence-corrected chi connectivity index (χ1v) is 11.1. The maximum Gasteiger partial charge on any atom is 0.416 e. The number of alkyl halides is 6. The number of hydrogen-bond acceptors (Lipinski definition) is 3. The van der Waals surface area contributed by atoms with Crippen LogP contribution in [0.15, 0.2) is 53.6 Å². The van der Waals surface area contributed by atoms with Gasteiger partial charge in [0.1, 0.15) is 6.04 Å². The summed E-state index contributed by atoms with van der Waals surface area (Å²) in [5, 5.41) is 2.91. The Kier molecular flexibility index (Phi) is 7.98. The summed E-state index contributed by atoms with van der Waals surface area (Å²) in [6, 6.07) is 8.19. The molecule has 5 nitrogen and oxygen atoms in total. The smallest absolute Gasteiger partial charge is 0.374 e. The number of nitrogens with one attached hydrogen (secondary N) is 1. The van der Waals surface area contributed by atoms with Gasteiger partial charge in [-0.3, -0.25) is 9.59 Å². The van der Waals surface area contributed by atoms with Gasteiger partial charge < -0.3 is 15.0 Å². The lowest BCUT2D eigenvalue weighted by molar-refractivity contribution is -0.135. The van der Waals surface area contributed by atoms with Gasteiger partial charge in [-0.1, -0.05) is 36.4 Å². The zero-order chi connectivity index (χ0) is 25.9. The van der Waals surface area contributed by atoms with Crippen LogP contribution in [-0.2, 0) is 19.9 Å². The van der Waals surface area contributed by atoms with Crippen LogP contribution >= 0.6 is 0 Å². The highest BCUT2D eigenvalue weighted by molar-refractivity contribution is 5.91. The number of carbonyl (C=O) groups is 2. The summed E-state index contributed by atoms with van der Waals surface area (Å²) >= 11 is 0. The van der Waals surface area contributed by atoms with Crippen LogP contribution in [0.4, 0.5) is 26.3 Å².